The fourth-order valence-electron chi connectivity index (χ4n) is 2.59. The number of benzene rings is 1. The van der Waals surface area contributed by atoms with Crippen molar-refractivity contribution in [3.05, 3.63) is 42.1 Å². The molecule has 18 heavy (non-hydrogen) atoms. The number of hydrogen-bond donors (Lipinski definition) is 2. The first-order valence-corrected chi connectivity index (χ1v) is 6.54. The second-order valence-corrected chi connectivity index (χ2v) is 5.11. The quantitative estimate of drug-likeness (QED) is 0.863. The number of nitrogens with one attached hydrogen (secondary N) is 1. The molecule has 2 aromatic rings. The lowest BCUT2D eigenvalue weighted by Crippen LogP contribution is -2.35. The van der Waals surface area contributed by atoms with Crippen molar-refractivity contribution in [3.8, 4) is 0 Å². The summed E-state index contributed by atoms with van der Waals surface area (Å²) in [5.41, 5.74) is 2.33. The molecule has 0 aliphatic heterocycles. The van der Waals surface area contributed by atoms with Crippen LogP contribution in [0.5, 0.6) is 0 Å². The van der Waals surface area contributed by atoms with Crippen LogP contribution in [0.25, 0.3) is 10.9 Å². The third-order valence-corrected chi connectivity index (χ3v) is 3.68. The molecule has 0 atom stereocenters. The summed E-state index contributed by atoms with van der Waals surface area (Å²) in [6, 6.07) is 10.4. The van der Waals surface area contributed by atoms with Crippen LogP contribution in [0.1, 0.15) is 18.4 Å². The first kappa shape index (κ1) is 11.6. The monoisotopic (exact) mass is 242 g/mol. The van der Waals surface area contributed by atoms with Crippen LogP contribution in [0.3, 0.4) is 0 Å². The molecule has 3 rings (SSSR count). The second-order valence-electron chi connectivity index (χ2n) is 5.11. The van der Waals surface area contributed by atoms with Crippen LogP contribution < -0.4 is 5.32 Å². The summed E-state index contributed by atoms with van der Waals surface area (Å²) < 4.78 is 0. The van der Waals surface area contributed by atoms with Crippen LogP contribution in [-0.4, -0.2) is 22.7 Å². The highest BCUT2D eigenvalue weighted by atomic mass is 16.3. The standard InChI is InChI=1S/C15H18N2O/c18-14-7-11(8-14)9-16-10-13-4-1-3-12-5-2-6-17-15(12)13/h1-6,11,14,16,18H,7-10H2. The van der Waals surface area contributed by atoms with E-state index in [2.05, 4.69) is 34.6 Å². The van der Waals surface area contributed by atoms with Crippen molar-refractivity contribution in [1.82, 2.24) is 10.3 Å². The third kappa shape index (κ3) is 2.37. The summed E-state index contributed by atoms with van der Waals surface area (Å²) in [5, 5.41) is 13.9. The Balaban J connectivity index is 1.64. The average Bonchev–Trinajstić information content (AvgIpc) is 2.37. The van der Waals surface area contributed by atoms with Gasteiger partial charge in [-0.3, -0.25) is 4.98 Å². The van der Waals surface area contributed by atoms with Gasteiger partial charge < -0.3 is 10.4 Å². The van der Waals surface area contributed by atoms with Gasteiger partial charge in [-0.2, -0.15) is 0 Å². The fraction of sp³-hybridized carbons (Fsp3) is 0.400. The van der Waals surface area contributed by atoms with Crippen molar-refractivity contribution >= 4 is 10.9 Å². The molecule has 2 N–H and O–H groups in total. The molecule has 1 fully saturated rings. The van der Waals surface area contributed by atoms with E-state index < -0.39 is 0 Å². The lowest BCUT2D eigenvalue weighted by atomic mass is 9.82. The van der Waals surface area contributed by atoms with Gasteiger partial charge >= 0.3 is 0 Å². The zero-order chi connectivity index (χ0) is 12.4. The molecule has 1 saturated carbocycles. The minimum Gasteiger partial charge on any atom is -0.393 e. The summed E-state index contributed by atoms with van der Waals surface area (Å²) >= 11 is 0. The summed E-state index contributed by atoms with van der Waals surface area (Å²) in [4.78, 5) is 4.45. The van der Waals surface area contributed by atoms with Crippen LogP contribution >= 0.6 is 0 Å². The Bertz CT molecular complexity index is 530. The SMILES string of the molecule is OC1CC(CNCc2cccc3cccnc23)C1. The van der Waals surface area contributed by atoms with Gasteiger partial charge in [0.1, 0.15) is 0 Å². The molecule has 0 spiro atoms. The molecule has 0 amide bonds. The molecule has 0 saturated heterocycles. The van der Waals surface area contributed by atoms with Gasteiger partial charge in [-0.15, -0.1) is 0 Å². The number of fused-ring (bicyclic) bond motifs is 1. The number of rotatable bonds is 4. The molecular formula is C15H18N2O. The molecule has 94 valence electrons. The highest BCUT2D eigenvalue weighted by Crippen LogP contribution is 2.26. The maximum absolute atomic E-state index is 9.24. The van der Waals surface area contributed by atoms with E-state index in [1.165, 1.54) is 10.9 Å². The van der Waals surface area contributed by atoms with E-state index in [-0.39, 0.29) is 6.10 Å². The first-order valence-electron chi connectivity index (χ1n) is 6.54. The van der Waals surface area contributed by atoms with Crippen LogP contribution in [-0.2, 0) is 6.54 Å². The summed E-state index contributed by atoms with van der Waals surface area (Å²) in [7, 11) is 0. The van der Waals surface area contributed by atoms with Crippen LogP contribution in [0.2, 0.25) is 0 Å². The number of nitrogens with zero attached hydrogens (tertiary/aromatic N) is 1. The number of aliphatic hydroxyl groups is 1. The first-order chi connectivity index (χ1) is 8.83. The van der Waals surface area contributed by atoms with Crippen LogP contribution in [0, 0.1) is 5.92 Å². The van der Waals surface area contributed by atoms with Gasteiger partial charge in [-0.1, -0.05) is 24.3 Å². The number of pyridine rings is 1. The lowest BCUT2D eigenvalue weighted by Gasteiger charge is -2.31. The summed E-state index contributed by atoms with van der Waals surface area (Å²) in [6.07, 6.45) is 3.67. The molecule has 3 heteroatoms. The molecule has 1 aromatic heterocycles. The Morgan fingerprint density at radius 3 is 2.89 bits per heavy atom. The molecule has 0 radical (unpaired) electrons. The number of para-hydroxylation sites is 1. The van der Waals surface area contributed by atoms with Crippen molar-refractivity contribution in [2.75, 3.05) is 6.54 Å². The molecule has 1 heterocycles. The van der Waals surface area contributed by atoms with E-state index in [0.717, 1.165) is 31.4 Å². The van der Waals surface area contributed by atoms with Gasteiger partial charge in [-0.05, 0) is 36.9 Å². The molecule has 1 aromatic carbocycles. The van der Waals surface area contributed by atoms with Crippen molar-refractivity contribution in [2.24, 2.45) is 5.92 Å². The van der Waals surface area contributed by atoms with Crippen molar-refractivity contribution in [1.29, 1.82) is 0 Å². The molecule has 0 bridgehead atoms. The zero-order valence-corrected chi connectivity index (χ0v) is 10.3. The predicted molar refractivity (Wildman–Crippen MR) is 72.2 cm³/mol. The Morgan fingerprint density at radius 1 is 1.22 bits per heavy atom. The Morgan fingerprint density at radius 2 is 2.06 bits per heavy atom. The Hall–Kier alpha value is -1.45. The Kier molecular flexibility index (Phi) is 3.26. The summed E-state index contributed by atoms with van der Waals surface area (Å²) in [5.74, 6) is 0.642. The minimum atomic E-state index is -0.0592. The number of aromatic nitrogens is 1. The smallest absolute Gasteiger partial charge is 0.0746 e. The highest BCUT2D eigenvalue weighted by molar-refractivity contribution is 5.81. The Labute approximate surface area is 107 Å². The van der Waals surface area contributed by atoms with Crippen molar-refractivity contribution in [3.63, 3.8) is 0 Å². The van der Waals surface area contributed by atoms with E-state index in [0.29, 0.717) is 5.92 Å². The molecule has 1 aliphatic carbocycles. The van der Waals surface area contributed by atoms with Crippen LogP contribution in [0.4, 0.5) is 0 Å². The minimum absolute atomic E-state index is 0.0592. The predicted octanol–water partition coefficient (Wildman–Crippen LogP) is 2.10. The topological polar surface area (TPSA) is 45.1 Å². The zero-order valence-electron chi connectivity index (χ0n) is 10.3. The summed E-state index contributed by atoms with van der Waals surface area (Å²) in [6.45, 7) is 1.83. The van der Waals surface area contributed by atoms with Gasteiger partial charge in [0.2, 0.25) is 0 Å². The molecular weight excluding hydrogens is 224 g/mol. The molecule has 1 aliphatic rings. The number of hydrogen-bond acceptors (Lipinski definition) is 3. The third-order valence-electron chi connectivity index (χ3n) is 3.68. The van der Waals surface area contributed by atoms with E-state index in [1.807, 2.05) is 12.3 Å². The van der Waals surface area contributed by atoms with Gasteiger partial charge in [0.15, 0.2) is 0 Å². The van der Waals surface area contributed by atoms with E-state index in [1.54, 1.807) is 0 Å². The van der Waals surface area contributed by atoms with E-state index in [4.69, 9.17) is 0 Å². The number of aliphatic hydroxyl groups excluding tert-OH is 1. The normalized spacial score (nSPS) is 22.9. The maximum atomic E-state index is 9.24. The van der Waals surface area contributed by atoms with E-state index >= 15 is 0 Å². The molecule has 3 nitrogen and oxygen atoms in total. The van der Waals surface area contributed by atoms with Crippen LogP contribution in [0.15, 0.2) is 36.5 Å². The van der Waals surface area contributed by atoms with Crippen molar-refractivity contribution in [2.45, 2.75) is 25.5 Å². The van der Waals surface area contributed by atoms with Gasteiger partial charge in [0.25, 0.3) is 0 Å². The lowest BCUT2D eigenvalue weighted by molar-refractivity contribution is 0.0430. The molecule has 0 unspecified atom stereocenters. The highest BCUT2D eigenvalue weighted by Gasteiger charge is 2.26. The van der Waals surface area contributed by atoms with Gasteiger partial charge in [-0.25, -0.2) is 0 Å². The van der Waals surface area contributed by atoms with E-state index in [9.17, 15) is 5.11 Å². The maximum Gasteiger partial charge on any atom is 0.0746 e. The average molecular weight is 242 g/mol. The van der Waals surface area contributed by atoms with Gasteiger partial charge in [0.05, 0.1) is 11.6 Å². The van der Waals surface area contributed by atoms with Crippen molar-refractivity contribution < 1.29 is 5.11 Å². The van der Waals surface area contributed by atoms with Gasteiger partial charge in [0, 0.05) is 18.1 Å². The largest absolute Gasteiger partial charge is 0.393 e. The fourth-order valence-corrected chi connectivity index (χ4v) is 2.59. The second kappa shape index (κ2) is 5.04.